The third-order valence-electron chi connectivity index (χ3n) is 4.03. The molecular formula is C19H16FN5. The van der Waals surface area contributed by atoms with E-state index in [0.29, 0.717) is 17.3 Å². The van der Waals surface area contributed by atoms with Gasteiger partial charge < -0.3 is 5.32 Å². The number of aromatic nitrogens is 4. The van der Waals surface area contributed by atoms with E-state index in [1.807, 2.05) is 55.5 Å². The summed E-state index contributed by atoms with van der Waals surface area (Å²) in [6, 6.07) is 19.9. The van der Waals surface area contributed by atoms with Crippen LogP contribution in [0.2, 0.25) is 0 Å². The van der Waals surface area contributed by atoms with Crippen molar-refractivity contribution in [3.63, 3.8) is 0 Å². The third-order valence-corrected chi connectivity index (χ3v) is 4.03. The van der Waals surface area contributed by atoms with Crippen LogP contribution in [0.25, 0.3) is 5.65 Å². The zero-order valence-electron chi connectivity index (χ0n) is 13.6. The third kappa shape index (κ3) is 3.06. The standard InChI is InChI=1S/C19H16FN5/c1-13-22-23-18-11-10-17(24-25(13)18)21-19(14-6-3-2-4-7-14)15-8-5-9-16(20)12-15/h2-12,19H,1H3,(H,21,24). The molecule has 4 rings (SSSR count). The van der Waals surface area contributed by atoms with Crippen LogP contribution in [0.1, 0.15) is 23.0 Å². The normalized spacial score (nSPS) is 12.2. The van der Waals surface area contributed by atoms with Crippen molar-refractivity contribution in [3.05, 3.63) is 89.5 Å². The Morgan fingerprint density at radius 3 is 2.52 bits per heavy atom. The summed E-state index contributed by atoms with van der Waals surface area (Å²) in [5.41, 5.74) is 2.54. The van der Waals surface area contributed by atoms with Crippen LogP contribution in [0, 0.1) is 12.7 Å². The zero-order valence-corrected chi connectivity index (χ0v) is 13.6. The Labute approximate surface area is 144 Å². The predicted octanol–water partition coefficient (Wildman–Crippen LogP) is 3.77. The molecule has 25 heavy (non-hydrogen) atoms. The van der Waals surface area contributed by atoms with Crippen molar-refractivity contribution in [2.24, 2.45) is 0 Å². The van der Waals surface area contributed by atoms with Crippen LogP contribution in [-0.2, 0) is 0 Å². The molecule has 2 heterocycles. The van der Waals surface area contributed by atoms with Gasteiger partial charge in [-0.05, 0) is 42.3 Å². The van der Waals surface area contributed by atoms with Gasteiger partial charge >= 0.3 is 0 Å². The summed E-state index contributed by atoms with van der Waals surface area (Å²) in [6.07, 6.45) is 0. The first-order valence-corrected chi connectivity index (χ1v) is 7.97. The van der Waals surface area contributed by atoms with E-state index in [9.17, 15) is 4.39 Å². The Morgan fingerprint density at radius 2 is 1.72 bits per heavy atom. The van der Waals surface area contributed by atoms with Crippen LogP contribution in [0.3, 0.4) is 0 Å². The molecule has 0 spiro atoms. The van der Waals surface area contributed by atoms with E-state index in [1.165, 1.54) is 12.1 Å². The average Bonchev–Trinajstić information content (AvgIpc) is 3.01. The monoisotopic (exact) mass is 333 g/mol. The van der Waals surface area contributed by atoms with E-state index >= 15 is 0 Å². The number of benzene rings is 2. The van der Waals surface area contributed by atoms with Crippen LogP contribution < -0.4 is 5.32 Å². The number of nitrogens with zero attached hydrogens (tertiary/aromatic N) is 4. The highest BCUT2D eigenvalue weighted by Gasteiger charge is 2.16. The van der Waals surface area contributed by atoms with Crippen molar-refractivity contribution >= 4 is 11.5 Å². The predicted molar refractivity (Wildman–Crippen MR) is 93.8 cm³/mol. The van der Waals surface area contributed by atoms with Gasteiger partial charge in [0.15, 0.2) is 11.5 Å². The number of hydrogen-bond acceptors (Lipinski definition) is 4. The fourth-order valence-corrected chi connectivity index (χ4v) is 2.81. The van der Waals surface area contributed by atoms with E-state index in [-0.39, 0.29) is 11.9 Å². The molecule has 0 saturated carbocycles. The van der Waals surface area contributed by atoms with Gasteiger partial charge in [-0.3, -0.25) is 0 Å². The molecule has 1 atom stereocenters. The molecule has 4 aromatic rings. The highest BCUT2D eigenvalue weighted by molar-refractivity contribution is 5.48. The van der Waals surface area contributed by atoms with Crippen molar-refractivity contribution < 1.29 is 4.39 Å². The van der Waals surface area contributed by atoms with Gasteiger partial charge in [0.2, 0.25) is 0 Å². The number of nitrogens with one attached hydrogen (secondary N) is 1. The molecule has 0 saturated heterocycles. The zero-order chi connectivity index (χ0) is 17.2. The fraction of sp³-hybridized carbons (Fsp3) is 0.105. The topological polar surface area (TPSA) is 55.1 Å². The summed E-state index contributed by atoms with van der Waals surface area (Å²) in [6.45, 7) is 1.85. The van der Waals surface area contributed by atoms with Crippen LogP contribution >= 0.6 is 0 Å². The SMILES string of the molecule is Cc1nnc2ccc(NC(c3ccccc3)c3cccc(F)c3)nn12. The molecule has 1 unspecified atom stereocenters. The summed E-state index contributed by atoms with van der Waals surface area (Å²) >= 11 is 0. The van der Waals surface area contributed by atoms with Crippen molar-refractivity contribution in [1.29, 1.82) is 0 Å². The van der Waals surface area contributed by atoms with E-state index < -0.39 is 0 Å². The van der Waals surface area contributed by atoms with Gasteiger partial charge in [0, 0.05) is 0 Å². The molecule has 6 heteroatoms. The molecule has 0 aliphatic heterocycles. The summed E-state index contributed by atoms with van der Waals surface area (Å²) in [7, 11) is 0. The summed E-state index contributed by atoms with van der Waals surface area (Å²) < 4.78 is 15.4. The van der Waals surface area contributed by atoms with Crippen molar-refractivity contribution in [2.75, 3.05) is 5.32 Å². The van der Waals surface area contributed by atoms with E-state index in [4.69, 9.17) is 0 Å². The number of aryl methyl sites for hydroxylation is 1. The van der Waals surface area contributed by atoms with Crippen LogP contribution in [0.15, 0.2) is 66.7 Å². The second-order valence-electron chi connectivity index (χ2n) is 5.78. The molecule has 0 aliphatic rings. The smallest absolute Gasteiger partial charge is 0.178 e. The first kappa shape index (κ1) is 15.3. The van der Waals surface area contributed by atoms with Crippen molar-refractivity contribution in [1.82, 2.24) is 19.8 Å². The highest BCUT2D eigenvalue weighted by atomic mass is 19.1. The minimum absolute atomic E-state index is 0.223. The second-order valence-corrected chi connectivity index (χ2v) is 5.78. The van der Waals surface area contributed by atoms with Gasteiger partial charge in [0.05, 0.1) is 6.04 Å². The lowest BCUT2D eigenvalue weighted by Crippen LogP contribution is -2.14. The number of hydrogen-bond donors (Lipinski definition) is 1. The number of fused-ring (bicyclic) bond motifs is 1. The fourth-order valence-electron chi connectivity index (χ4n) is 2.81. The van der Waals surface area contributed by atoms with Gasteiger partial charge in [-0.1, -0.05) is 42.5 Å². The first-order chi connectivity index (χ1) is 12.2. The Morgan fingerprint density at radius 1 is 0.920 bits per heavy atom. The largest absolute Gasteiger partial charge is 0.358 e. The maximum Gasteiger partial charge on any atom is 0.178 e. The van der Waals surface area contributed by atoms with Crippen LogP contribution in [-0.4, -0.2) is 19.8 Å². The van der Waals surface area contributed by atoms with E-state index in [2.05, 4.69) is 20.6 Å². The Hall–Kier alpha value is -3.28. The average molecular weight is 333 g/mol. The molecule has 0 fully saturated rings. The molecule has 124 valence electrons. The minimum atomic E-state index is -0.265. The molecule has 0 aliphatic carbocycles. The van der Waals surface area contributed by atoms with Gasteiger partial charge in [-0.25, -0.2) is 4.39 Å². The lowest BCUT2D eigenvalue weighted by atomic mass is 9.98. The molecule has 5 nitrogen and oxygen atoms in total. The van der Waals surface area contributed by atoms with Crippen LogP contribution in [0.5, 0.6) is 0 Å². The Balaban J connectivity index is 1.76. The van der Waals surface area contributed by atoms with Gasteiger partial charge in [-0.2, -0.15) is 4.52 Å². The summed E-state index contributed by atoms with van der Waals surface area (Å²) in [5, 5.41) is 16.0. The maximum absolute atomic E-state index is 13.7. The summed E-state index contributed by atoms with van der Waals surface area (Å²) in [4.78, 5) is 0. The molecule has 2 aromatic heterocycles. The first-order valence-electron chi connectivity index (χ1n) is 7.97. The van der Waals surface area contributed by atoms with E-state index in [0.717, 1.165) is 11.1 Å². The van der Waals surface area contributed by atoms with Crippen molar-refractivity contribution in [3.8, 4) is 0 Å². The molecule has 0 radical (unpaired) electrons. The quantitative estimate of drug-likeness (QED) is 0.618. The lowest BCUT2D eigenvalue weighted by Gasteiger charge is -2.20. The van der Waals surface area contributed by atoms with E-state index in [1.54, 1.807) is 10.6 Å². The highest BCUT2D eigenvalue weighted by Crippen LogP contribution is 2.26. The summed E-state index contributed by atoms with van der Waals surface area (Å²) in [5.74, 6) is 1.10. The molecule has 1 N–H and O–H groups in total. The minimum Gasteiger partial charge on any atom is -0.358 e. The molecule has 0 bridgehead atoms. The number of rotatable bonds is 4. The number of halogens is 1. The van der Waals surface area contributed by atoms with Gasteiger partial charge in [0.25, 0.3) is 0 Å². The lowest BCUT2D eigenvalue weighted by molar-refractivity contribution is 0.624. The van der Waals surface area contributed by atoms with Crippen molar-refractivity contribution in [2.45, 2.75) is 13.0 Å². The molecule has 0 amide bonds. The Bertz CT molecular complexity index is 1010. The molecule has 2 aromatic carbocycles. The van der Waals surface area contributed by atoms with Gasteiger partial charge in [0.1, 0.15) is 11.6 Å². The maximum atomic E-state index is 13.7. The van der Waals surface area contributed by atoms with Gasteiger partial charge in [-0.15, -0.1) is 15.3 Å². The van der Waals surface area contributed by atoms with Crippen LogP contribution in [0.4, 0.5) is 10.2 Å². The Kier molecular flexibility index (Phi) is 3.85. The number of anilines is 1. The molecular weight excluding hydrogens is 317 g/mol. The second kappa shape index (κ2) is 6.32.